The normalized spacial score (nSPS) is 19.6. The average Bonchev–Trinajstić information content (AvgIpc) is 2.27. The molecule has 1 aliphatic rings. The van der Waals surface area contributed by atoms with Crippen molar-refractivity contribution in [2.24, 2.45) is 0 Å². The van der Waals surface area contributed by atoms with E-state index in [0.717, 1.165) is 6.07 Å². The summed E-state index contributed by atoms with van der Waals surface area (Å²) in [6, 6.07) is 3.61. The molecule has 19 heavy (non-hydrogen) atoms. The first kappa shape index (κ1) is 14.6. The summed E-state index contributed by atoms with van der Waals surface area (Å²) in [6.45, 7) is 0.287. The molecule has 106 valence electrons. The Bertz CT molecular complexity index is 462. The molecular formula is C12H11BrF5N. The minimum atomic E-state index is -4.42. The van der Waals surface area contributed by atoms with Crippen LogP contribution in [0.5, 0.6) is 0 Å². The van der Waals surface area contributed by atoms with Crippen molar-refractivity contribution in [1.29, 1.82) is 0 Å². The number of nitrogens with zero attached hydrogens (tertiary/aromatic N) is 1. The third kappa shape index (κ3) is 3.38. The van der Waals surface area contributed by atoms with Gasteiger partial charge in [-0.1, -0.05) is 15.9 Å². The molecule has 1 aliphatic heterocycles. The number of piperidine rings is 1. The van der Waals surface area contributed by atoms with Crippen molar-refractivity contribution in [3.8, 4) is 0 Å². The van der Waals surface area contributed by atoms with E-state index in [-0.39, 0.29) is 30.4 Å². The van der Waals surface area contributed by atoms with Crippen molar-refractivity contribution in [3.63, 3.8) is 0 Å². The molecule has 2 rings (SSSR count). The maximum atomic E-state index is 13.0. The van der Waals surface area contributed by atoms with Crippen LogP contribution in [0.15, 0.2) is 22.7 Å². The molecule has 1 heterocycles. The van der Waals surface area contributed by atoms with Crippen molar-refractivity contribution in [1.82, 2.24) is 0 Å². The molecule has 1 saturated heterocycles. The maximum absolute atomic E-state index is 13.0. The van der Waals surface area contributed by atoms with Gasteiger partial charge in [-0.05, 0) is 18.2 Å². The predicted molar refractivity (Wildman–Crippen MR) is 65.5 cm³/mol. The first-order valence-corrected chi connectivity index (χ1v) is 6.48. The van der Waals surface area contributed by atoms with Gasteiger partial charge in [0.2, 0.25) is 0 Å². The van der Waals surface area contributed by atoms with E-state index in [1.807, 2.05) is 0 Å². The van der Waals surface area contributed by atoms with Crippen LogP contribution in [0.4, 0.5) is 27.6 Å². The molecule has 0 bridgehead atoms. The van der Waals surface area contributed by atoms with Gasteiger partial charge in [0.15, 0.2) is 0 Å². The molecular weight excluding hydrogens is 333 g/mol. The highest BCUT2D eigenvalue weighted by atomic mass is 79.9. The highest BCUT2D eigenvalue weighted by molar-refractivity contribution is 9.10. The summed E-state index contributed by atoms with van der Waals surface area (Å²) in [5.74, 6) is -2.67. The van der Waals surface area contributed by atoms with Crippen LogP contribution >= 0.6 is 15.9 Å². The molecule has 1 fully saturated rings. The Balaban J connectivity index is 2.17. The number of anilines is 1. The lowest BCUT2D eigenvalue weighted by Crippen LogP contribution is -2.39. The minimum Gasteiger partial charge on any atom is -0.371 e. The van der Waals surface area contributed by atoms with E-state index < -0.39 is 17.7 Å². The van der Waals surface area contributed by atoms with Crippen LogP contribution in [0.1, 0.15) is 18.4 Å². The van der Waals surface area contributed by atoms with E-state index in [9.17, 15) is 22.0 Å². The Morgan fingerprint density at radius 1 is 1.11 bits per heavy atom. The second-order valence-electron chi connectivity index (χ2n) is 4.50. The first-order chi connectivity index (χ1) is 8.69. The van der Waals surface area contributed by atoms with Gasteiger partial charge in [0, 0.05) is 36.1 Å². The number of halogens is 6. The van der Waals surface area contributed by atoms with E-state index >= 15 is 0 Å². The van der Waals surface area contributed by atoms with Gasteiger partial charge in [0.05, 0.1) is 5.56 Å². The Morgan fingerprint density at radius 3 is 2.16 bits per heavy atom. The Hall–Kier alpha value is -0.850. The molecule has 0 atom stereocenters. The quantitative estimate of drug-likeness (QED) is 0.668. The van der Waals surface area contributed by atoms with Gasteiger partial charge in [-0.3, -0.25) is 0 Å². The molecule has 0 saturated carbocycles. The van der Waals surface area contributed by atoms with Crippen LogP contribution in [0.25, 0.3) is 0 Å². The highest BCUT2D eigenvalue weighted by Gasteiger charge is 2.35. The third-order valence-electron chi connectivity index (χ3n) is 3.12. The largest absolute Gasteiger partial charge is 0.417 e. The molecule has 0 radical (unpaired) electrons. The summed E-state index contributed by atoms with van der Waals surface area (Å²) in [6.07, 6.45) is -4.97. The topological polar surface area (TPSA) is 3.24 Å². The second-order valence-corrected chi connectivity index (χ2v) is 5.36. The number of alkyl halides is 5. The van der Waals surface area contributed by atoms with E-state index in [4.69, 9.17) is 0 Å². The van der Waals surface area contributed by atoms with E-state index in [0.29, 0.717) is 5.69 Å². The van der Waals surface area contributed by atoms with E-state index in [2.05, 4.69) is 15.9 Å². The third-order valence-corrected chi connectivity index (χ3v) is 3.77. The molecule has 7 heteroatoms. The van der Waals surface area contributed by atoms with Crippen LogP contribution in [-0.4, -0.2) is 19.0 Å². The average molecular weight is 344 g/mol. The molecule has 1 nitrogen and oxygen atoms in total. The van der Waals surface area contributed by atoms with Crippen molar-refractivity contribution in [2.75, 3.05) is 18.0 Å². The summed E-state index contributed by atoms with van der Waals surface area (Å²) < 4.78 is 63.7. The van der Waals surface area contributed by atoms with Gasteiger partial charge in [-0.15, -0.1) is 0 Å². The fourth-order valence-electron chi connectivity index (χ4n) is 2.02. The van der Waals surface area contributed by atoms with E-state index in [1.165, 1.54) is 12.1 Å². The molecule has 0 unspecified atom stereocenters. The zero-order chi connectivity index (χ0) is 14.3. The standard InChI is InChI=1S/C12H11BrF5N/c13-10-7-8(1-2-9(10)12(16,17)18)19-5-3-11(14,15)4-6-19/h1-2,7H,3-6H2. The number of hydrogen-bond acceptors (Lipinski definition) is 1. The molecule has 0 aromatic heterocycles. The Morgan fingerprint density at radius 2 is 1.68 bits per heavy atom. The van der Waals surface area contributed by atoms with Crippen LogP contribution in [0.3, 0.4) is 0 Å². The number of hydrogen-bond donors (Lipinski definition) is 0. The van der Waals surface area contributed by atoms with Crippen molar-refractivity contribution in [3.05, 3.63) is 28.2 Å². The van der Waals surface area contributed by atoms with Gasteiger partial charge in [0.1, 0.15) is 0 Å². The minimum absolute atomic E-state index is 0.0742. The lowest BCUT2D eigenvalue weighted by molar-refractivity contribution is -0.138. The highest BCUT2D eigenvalue weighted by Crippen LogP contribution is 2.38. The zero-order valence-corrected chi connectivity index (χ0v) is 11.4. The molecule has 1 aromatic carbocycles. The SMILES string of the molecule is FC1(F)CCN(c2ccc(C(F)(F)F)c(Br)c2)CC1. The molecule has 1 aromatic rings. The predicted octanol–water partition coefficient (Wildman–Crippen LogP) is 4.70. The number of rotatable bonds is 1. The van der Waals surface area contributed by atoms with Crippen LogP contribution in [0, 0.1) is 0 Å². The fourth-order valence-corrected chi connectivity index (χ4v) is 2.61. The second kappa shape index (κ2) is 4.92. The summed E-state index contributed by atoms with van der Waals surface area (Å²) in [4.78, 5) is 1.67. The Labute approximate surface area is 115 Å². The van der Waals surface area contributed by atoms with Gasteiger partial charge < -0.3 is 4.90 Å². The monoisotopic (exact) mass is 343 g/mol. The smallest absolute Gasteiger partial charge is 0.371 e. The number of benzene rings is 1. The van der Waals surface area contributed by atoms with Gasteiger partial charge in [-0.25, -0.2) is 8.78 Å². The first-order valence-electron chi connectivity index (χ1n) is 5.69. The van der Waals surface area contributed by atoms with Crippen molar-refractivity contribution < 1.29 is 22.0 Å². The molecule has 0 N–H and O–H groups in total. The lowest BCUT2D eigenvalue weighted by Gasteiger charge is -2.33. The fraction of sp³-hybridized carbons (Fsp3) is 0.500. The van der Waals surface area contributed by atoms with Gasteiger partial charge in [-0.2, -0.15) is 13.2 Å². The molecule has 0 aliphatic carbocycles. The van der Waals surface area contributed by atoms with Gasteiger partial charge in [0.25, 0.3) is 5.92 Å². The Kier molecular flexibility index (Phi) is 3.77. The van der Waals surface area contributed by atoms with Crippen LogP contribution < -0.4 is 4.90 Å². The summed E-state index contributed by atoms with van der Waals surface area (Å²) >= 11 is 2.88. The van der Waals surface area contributed by atoms with Crippen molar-refractivity contribution in [2.45, 2.75) is 24.9 Å². The summed E-state index contributed by atoms with van der Waals surface area (Å²) in [5.41, 5.74) is -0.242. The van der Waals surface area contributed by atoms with Crippen LogP contribution in [-0.2, 0) is 6.18 Å². The molecule has 0 spiro atoms. The molecule has 0 amide bonds. The van der Waals surface area contributed by atoms with E-state index in [1.54, 1.807) is 4.90 Å². The zero-order valence-electron chi connectivity index (χ0n) is 9.78. The van der Waals surface area contributed by atoms with Gasteiger partial charge >= 0.3 is 6.18 Å². The summed E-state index contributed by atoms with van der Waals surface area (Å²) in [7, 11) is 0. The van der Waals surface area contributed by atoms with Crippen molar-refractivity contribution >= 4 is 21.6 Å². The van der Waals surface area contributed by atoms with Crippen LogP contribution in [0.2, 0.25) is 0 Å². The summed E-state index contributed by atoms with van der Waals surface area (Å²) in [5, 5.41) is 0. The lowest BCUT2D eigenvalue weighted by atomic mass is 10.1. The maximum Gasteiger partial charge on any atom is 0.417 e.